The monoisotopic (exact) mass is 544 g/mol. The molecule has 2 aliphatic rings. The summed E-state index contributed by atoms with van der Waals surface area (Å²) < 4.78 is 11.2. The molecule has 2 aromatic carbocycles. The van der Waals surface area contributed by atoms with Crippen LogP contribution in [0, 0.1) is 18.8 Å². The van der Waals surface area contributed by atoms with Crippen molar-refractivity contribution in [2.24, 2.45) is 11.8 Å². The average Bonchev–Trinajstić information content (AvgIpc) is 3.47. The smallest absolute Gasteiger partial charge is 0.223 e. The van der Waals surface area contributed by atoms with Crippen LogP contribution < -0.4 is 10.1 Å². The van der Waals surface area contributed by atoms with Gasteiger partial charge in [0.1, 0.15) is 17.7 Å². The number of amides is 1. The van der Waals surface area contributed by atoms with Gasteiger partial charge in [0.2, 0.25) is 5.91 Å². The van der Waals surface area contributed by atoms with E-state index in [1.54, 1.807) is 13.4 Å². The molecule has 2 N–H and O–H groups in total. The summed E-state index contributed by atoms with van der Waals surface area (Å²) in [6, 6.07) is 14.4. The van der Waals surface area contributed by atoms with Gasteiger partial charge in [-0.25, -0.2) is 4.98 Å². The molecule has 0 bridgehead atoms. The molecule has 40 heavy (non-hydrogen) atoms. The highest BCUT2D eigenvalue weighted by Crippen LogP contribution is 2.43. The lowest BCUT2D eigenvalue weighted by Crippen LogP contribution is -2.41. The third-order valence-corrected chi connectivity index (χ3v) is 9.01. The number of aryl methyl sites for hydroxylation is 1. The topological polar surface area (TPSA) is 84.6 Å². The van der Waals surface area contributed by atoms with Crippen LogP contribution in [-0.2, 0) is 4.79 Å². The summed E-state index contributed by atoms with van der Waals surface area (Å²) in [7, 11) is 1.69. The molecule has 6 nitrogen and oxygen atoms in total. The summed E-state index contributed by atoms with van der Waals surface area (Å²) >= 11 is 0. The molecule has 0 radical (unpaired) electrons. The Morgan fingerprint density at radius 1 is 1.07 bits per heavy atom. The highest BCUT2D eigenvalue weighted by Gasteiger charge is 2.36. The normalized spacial score (nSPS) is 22.7. The van der Waals surface area contributed by atoms with Gasteiger partial charge in [0.25, 0.3) is 0 Å². The summed E-state index contributed by atoms with van der Waals surface area (Å²) in [6.45, 7) is 6.18. The number of nitrogens with one attached hydrogen (secondary N) is 1. The SMILES string of the molecule is COc1ccc(C2CCC(C(NC(=O)C3CCCCC3)c3cccc(-c4coc(C(C)C)n4)c3)CC2O)cc1C. The lowest BCUT2D eigenvalue weighted by Gasteiger charge is -2.38. The summed E-state index contributed by atoms with van der Waals surface area (Å²) in [4.78, 5) is 18.2. The minimum atomic E-state index is -0.479. The Morgan fingerprint density at radius 3 is 2.55 bits per heavy atom. The first-order valence-corrected chi connectivity index (χ1v) is 15.0. The van der Waals surface area contributed by atoms with Crippen LogP contribution in [0.5, 0.6) is 5.75 Å². The van der Waals surface area contributed by atoms with Crippen molar-refractivity contribution in [1.82, 2.24) is 10.3 Å². The standard InChI is InChI=1S/C34H44N2O4/c1-21(2)34-35-29(20-40-34)25-11-8-12-26(18-25)32(36-33(38)23-9-6-5-7-10-23)27-13-15-28(30(37)19-27)24-14-16-31(39-4)22(3)17-24/h8,11-12,14,16-18,20-21,23,27-28,30,32,37H,5-7,9-10,13,15,19H2,1-4H3,(H,36,38). The van der Waals surface area contributed by atoms with Crippen LogP contribution >= 0.6 is 0 Å². The number of rotatable bonds is 8. The maximum absolute atomic E-state index is 13.5. The summed E-state index contributed by atoms with van der Waals surface area (Å²) in [5.41, 5.74) is 5.08. The summed E-state index contributed by atoms with van der Waals surface area (Å²) in [5.74, 6) is 2.24. The molecule has 3 aromatic rings. The van der Waals surface area contributed by atoms with Gasteiger partial charge in [0, 0.05) is 23.3 Å². The van der Waals surface area contributed by atoms with Crippen molar-refractivity contribution in [2.75, 3.05) is 7.11 Å². The van der Waals surface area contributed by atoms with E-state index in [4.69, 9.17) is 14.1 Å². The highest BCUT2D eigenvalue weighted by molar-refractivity contribution is 5.79. The molecule has 0 spiro atoms. The minimum absolute atomic E-state index is 0.0754. The molecule has 0 aliphatic heterocycles. The molecular weight excluding hydrogens is 500 g/mol. The van der Waals surface area contributed by atoms with Crippen molar-refractivity contribution in [3.63, 3.8) is 0 Å². The van der Waals surface area contributed by atoms with Gasteiger partial charge >= 0.3 is 0 Å². The number of carbonyl (C=O) groups excluding carboxylic acids is 1. The van der Waals surface area contributed by atoms with E-state index in [0.29, 0.717) is 6.42 Å². The number of oxazole rings is 1. The molecule has 4 atom stereocenters. The van der Waals surface area contributed by atoms with Crippen LogP contribution in [0.15, 0.2) is 53.1 Å². The van der Waals surface area contributed by atoms with Crippen LogP contribution in [-0.4, -0.2) is 29.2 Å². The van der Waals surface area contributed by atoms with Gasteiger partial charge < -0.3 is 19.6 Å². The number of methoxy groups -OCH3 is 1. The maximum Gasteiger partial charge on any atom is 0.223 e. The Morgan fingerprint density at radius 2 is 1.88 bits per heavy atom. The number of aliphatic hydroxyl groups is 1. The molecule has 2 aliphatic carbocycles. The summed E-state index contributed by atoms with van der Waals surface area (Å²) in [6.07, 6.45) is 9.04. The second-order valence-electron chi connectivity index (χ2n) is 12.1. The zero-order valence-corrected chi connectivity index (χ0v) is 24.4. The Labute approximate surface area is 238 Å². The molecule has 214 valence electrons. The second kappa shape index (κ2) is 12.6. The second-order valence-corrected chi connectivity index (χ2v) is 12.1. The lowest BCUT2D eigenvalue weighted by atomic mass is 9.72. The predicted octanol–water partition coefficient (Wildman–Crippen LogP) is 7.46. The molecule has 0 saturated heterocycles. The molecule has 5 rings (SSSR count). The van der Waals surface area contributed by atoms with Crippen molar-refractivity contribution < 1.29 is 19.1 Å². The first-order chi connectivity index (χ1) is 19.3. The molecule has 2 fully saturated rings. The van der Waals surface area contributed by atoms with Crippen molar-refractivity contribution in [1.29, 1.82) is 0 Å². The number of hydrogen-bond donors (Lipinski definition) is 2. The van der Waals surface area contributed by atoms with Gasteiger partial charge in [-0.15, -0.1) is 0 Å². The Kier molecular flexibility index (Phi) is 8.94. The van der Waals surface area contributed by atoms with Crippen molar-refractivity contribution >= 4 is 5.91 Å². The van der Waals surface area contributed by atoms with Crippen molar-refractivity contribution in [2.45, 2.75) is 96.1 Å². The molecule has 2 saturated carbocycles. The van der Waals surface area contributed by atoms with E-state index in [1.807, 2.05) is 25.1 Å². The number of aromatic nitrogens is 1. The van der Waals surface area contributed by atoms with E-state index in [9.17, 15) is 9.90 Å². The Hall–Kier alpha value is -3.12. The minimum Gasteiger partial charge on any atom is -0.496 e. The fraction of sp³-hybridized carbons (Fsp3) is 0.529. The molecule has 4 unspecified atom stereocenters. The third kappa shape index (κ3) is 6.27. The van der Waals surface area contributed by atoms with Gasteiger partial charge in [-0.3, -0.25) is 4.79 Å². The molecule has 1 amide bonds. The lowest BCUT2D eigenvalue weighted by molar-refractivity contribution is -0.127. The van der Waals surface area contributed by atoms with Gasteiger partial charge in [0.15, 0.2) is 5.89 Å². The van der Waals surface area contributed by atoms with E-state index >= 15 is 0 Å². The fourth-order valence-corrected chi connectivity index (χ4v) is 6.69. The average molecular weight is 545 g/mol. The van der Waals surface area contributed by atoms with E-state index in [-0.39, 0.29) is 35.6 Å². The van der Waals surface area contributed by atoms with Gasteiger partial charge in [0.05, 0.1) is 19.3 Å². The highest BCUT2D eigenvalue weighted by atomic mass is 16.5. The predicted molar refractivity (Wildman–Crippen MR) is 157 cm³/mol. The number of nitrogens with zero attached hydrogens (tertiary/aromatic N) is 1. The molecule has 6 heteroatoms. The van der Waals surface area contributed by atoms with Crippen LogP contribution in [0.2, 0.25) is 0 Å². The fourth-order valence-electron chi connectivity index (χ4n) is 6.69. The van der Waals surface area contributed by atoms with E-state index < -0.39 is 6.10 Å². The van der Waals surface area contributed by atoms with Crippen LogP contribution in [0.1, 0.15) is 106 Å². The number of ether oxygens (including phenoxy) is 1. The largest absolute Gasteiger partial charge is 0.496 e. The van der Waals surface area contributed by atoms with Crippen LogP contribution in [0.3, 0.4) is 0 Å². The summed E-state index contributed by atoms with van der Waals surface area (Å²) in [5, 5.41) is 14.9. The molecular formula is C34H44N2O4. The van der Waals surface area contributed by atoms with Crippen molar-refractivity contribution in [3.05, 3.63) is 71.3 Å². The number of hydrogen-bond acceptors (Lipinski definition) is 5. The Balaban J connectivity index is 1.40. The molecule has 1 aromatic heterocycles. The number of benzene rings is 2. The number of aliphatic hydroxyl groups excluding tert-OH is 1. The van der Waals surface area contributed by atoms with E-state index in [2.05, 4.69) is 43.4 Å². The van der Waals surface area contributed by atoms with Crippen molar-refractivity contribution in [3.8, 4) is 17.0 Å². The van der Waals surface area contributed by atoms with Crippen LogP contribution in [0.25, 0.3) is 11.3 Å². The Bertz CT molecular complexity index is 1290. The van der Waals surface area contributed by atoms with E-state index in [1.165, 1.54) is 6.42 Å². The maximum atomic E-state index is 13.5. The zero-order chi connectivity index (χ0) is 28.2. The van der Waals surface area contributed by atoms with Crippen LogP contribution in [0.4, 0.5) is 0 Å². The third-order valence-electron chi connectivity index (χ3n) is 9.01. The van der Waals surface area contributed by atoms with E-state index in [0.717, 1.165) is 78.1 Å². The van der Waals surface area contributed by atoms with Gasteiger partial charge in [-0.05, 0) is 73.8 Å². The first-order valence-electron chi connectivity index (χ1n) is 15.0. The quantitative estimate of drug-likeness (QED) is 0.307. The van der Waals surface area contributed by atoms with Gasteiger partial charge in [-0.2, -0.15) is 0 Å². The first kappa shape index (κ1) is 28.4. The van der Waals surface area contributed by atoms with Gasteiger partial charge in [-0.1, -0.05) is 63.4 Å². The molecule has 1 heterocycles. The zero-order valence-electron chi connectivity index (χ0n) is 24.4. The number of carbonyl (C=O) groups is 1.